The van der Waals surface area contributed by atoms with Crippen LogP contribution in [0.1, 0.15) is 38.2 Å². The van der Waals surface area contributed by atoms with Crippen molar-refractivity contribution < 1.29 is 9.13 Å². The van der Waals surface area contributed by atoms with Gasteiger partial charge in [0.25, 0.3) is 0 Å². The fraction of sp³-hybridized carbons (Fsp3) is 0.467. The van der Waals surface area contributed by atoms with Gasteiger partial charge in [0.2, 0.25) is 0 Å². The molecule has 0 aliphatic rings. The zero-order valence-corrected chi connectivity index (χ0v) is 12.6. The van der Waals surface area contributed by atoms with E-state index in [0.29, 0.717) is 18.0 Å². The maximum atomic E-state index is 13.6. The third-order valence-electron chi connectivity index (χ3n) is 2.99. The van der Waals surface area contributed by atoms with Crippen molar-refractivity contribution in [2.75, 3.05) is 0 Å². The first-order valence-corrected chi connectivity index (χ1v) is 7.02. The Morgan fingerprint density at radius 2 is 2.05 bits per heavy atom. The summed E-state index contributed by atoms with van der Waals surface area (Å²) in [4.78, 5) is 4.16. The molecule has 0 saturated heterocycles. The Bertz CT molecular complexity index is 595. The highest BCUT2D eigenvalue weighted by Gasteiger charge is 2.09. The molecular formula is C15H21FN4O. The van der Waals surface area contributed by atoms with E-state index in [9.17, 15) is 4.39 Å². The SMILES string of the molecule is CC(N)Cc1cc(F)cc(OCc2ncnn2C(C)C)c1. The average Bonchev–Trinajstić information content (AvgIpc) is 2.83. The summed E-state index contributed by atoms with van der Waals surface area (Å²) in [7, 11) is 0. The highest BCUT2D eigenvalue weighted by molar-refractivity contribution is 5.30. The third kappa shape index (κ3) is 4.26. The quantitative estimate of drug-likeness (QED) is 0.888. The Kier molecular flexibility index (Phi) is 4.90. The van der Waals surface area contributed by atoms with Crippen LogP contribution in [0.5, 0.6) is 5.75 Å². The molecule has 0 fully saturated rings. The lowest BCUT2D eigenvalue weighted by Crippen LogP contribution is -2.17. The molecule has 0 radical (unpaired) electrons. The lowest BCUT2D eigenvalue weighted by atomic mass is 10.1. The molecule has 1 aromatic carbocycles. The molecule has 2 aromatic rings. The van der Waals surface area contributed by atoms with Gasteiger partial charge in [0.05, 0.1) is 0 Å². The lowest BCUT2D eigenvalue weighted by Gasteiger charge is -2.12. The topological polar surface area (TPSA) is 66.0 Å². The lowest BCUT2D eigenvalue weighted by molar-refractivity contribution is 0.281. The smallest absolute Gasteiger partial charge is 0.165 e. The van der Waals surface area contributed by atoms with E-state index in [-0.39, 0.29) is 24.5 Å². The number of ether oxygens (including phenoxy) is 1. The first-order chi connectivity index (χ1) is 9.95. The number of hydrogen-bond acceptors (Lipinski definition) is 4. The van der Waals surface area contributed by atoms with E-state index in [0.717, 1.165) is 5.56 Å². The van der Waals surface area contributed by atoms with Gasteiger partial charge in [-0.15, -0.1) is 0 Å². The zero-order valence-electron chi connectivity index (χ0n) is 12.6. The predicted molar refractivity (Wildman–Crippen MR) is 78.5 cm³/mol. The molecule has 2 N–H and O–H groups in total. The molecule has 1 aromatic heterocycles. The first kappa shape index (κ1) is 15.4. The Labute approximate surface area is 123 Å². The molecule has 0 aliphatic heterocycles. The molecule has 5 nitrogen and oxygen atoms in total. The number of benzene rings is 1. The minimum atomic E-state index is -0.325. The second-order valence-corrected chi connectivity index (χ2v) is 5.48. The van der Waals surface area contributed by atoms with Gasteiger partial charge in [0.15, 0.2) is 5.82 Å². The summed E-state index contributed by atoms with van der Waals surface area (Å²) in [6, 6.07) is 4.83. The predicted octanol–water partition coefficient (Wildman–Crippen LogP) is 2.47. The van der Waals surface area contributed by atoms with E-state index in [1.807, 2.05) is 26.8 Å². The molecule has 0 saturated carbocycles. The molecule has 2 rings (SSSR count). The van der Waals surface area contributed by atoms with Crippen LogP contribution >= 0.6 is 0 Å². The maximum absolute atomic E-state index is 13.6. The van der Waals surface area contributed by atoms with E-state index in [1.165, 1.54) is 18.5 Å². The van der Waals surface area contributed by atoms with Crippen LogP contribution in [-0.2, 0) is 13.0 Å². The van der Waals surface area contributed by atoms with Crippen molar-refractivity contribution in [1.29, 1.82) is 0 Å². The summed E-state index contributed by atoms with van der Waals surface area (Å²) in [6.45, 7) is 6.16. The molecular weight excluding hydrogens is 271 g/mol. The zero-order chi connectivity index (χ0) is 15.4. The summed E-state index contributed by atoms with van der Waals surface area (Å²) < 4.78 is 21.0. The van der Waals surface area contributed by atoms with Gasteiger partial charge < -0.3 is 10.5 Å². The number of aromatic nitrogens is 3. The average molecular weight is 292 g/mol. The van der Waals surface area contributed by atoms with Crippen LogP contribution in [0.4, 0.5) is 4.39 Å². The molecule has 0 aliphatic carbocycles. The Balaban J connectivity index is 2.09. The molecule has 0 bridgehead atoms. The Morgan fingerprint density at radius 1 is 1.29 bits per heavy atom. The van der Waals surface area contributed by atoms with Gasteiger partial charge in [-0.2, -0.15) is 5.10 Å². The summed E-state index contributed by atoms with van der Waals surface area (Å²) in [5.41, 5.74) is 6.57. The number of rotatable bonds is 6. The van der Waals surface area contributed by atoms with Crippen molar-refractivity contribution in [3.8, 4) is 5.75 Å². The van der Waals surface area contributed by atoms with Gasteiger partial charge in [-0.25, -0.2) is 14.1 Å². The summed E-state index contributed by atoms with van der Waals surface area (Å²) in [5.74, 6) is 0.862. The van der Waals surface area contributed by atoms with E-state index < -0.39 is 0 Å². The summed E-state index contributed by atoms with van der Waals surface area (Å²) in [6.07, 6.45) is 2.10. The van der Waals surface area contributed by atoms with Crippen LogP contribution in [0.25, 0.3) is 0 Å². The largest absolute Gasteiger partial charge is 0.486 e. The van der Waals surface area contributed by atoms with Crippen LogP contribution in [0.3, 0.4) is 0 Å². The monoisotopic (exact) mass is 292 g/mol. The molecule has 1 heterocycles. The molecule has 1 atom stereocenters. The second kappa shape index (κ2) is 6.67. The Hall–Kier alpha value is -1.95. The van der Waals surface area contributed by atoms with Gasteiger partial charge in [0.1, 0.15) is 24.5 Å². The molecule has 6 heteroatoms. The Morgan fingerprint density at radius 3 is 2.71 bits per heavy atom. The van der Waals surface area contributed by atoms with Gasteiger partial charge >= 0.3 is 0 Å². The van der Waals surface area contributed by atoms with E-state index in [2.05, 4.69) is 10.1 Å². The van der Waals surface area contributed by atoms with Gasteiger partial charge in [-0.3, -0.25) is 0 Å². The molecule has 0 amide bonds. The van der Waals surface area contributed by atoms with Crippen LogP contribution in [0.2, 0.25) is 0 Å². The van der Waals surface area contributed by atoms with Crippen LogP contribution in [0.15, 0.2) is 24.5 Å². The number of nitrogens with two attached hydrogens (primary N) is 1. The van der Waals surface area contributed by atoms with Crippen LogP contribution < -0.4 is 10.5 Å². The van der Waals surface area contributed by atoms with Crippen molar-refractivity contribution in [3.05, 3.63) is 41.7 Å². The number of hydrogen-bond donors (Lipinski definition) is 1. The van der Waals surface area contributed by atoms with Gasteiger partial charge in [-0.05, 0) is 44.9 Å². The van der Waals surface area contributed by atoms with Crippen molar-refractivity contribution in [3.63, 3.8) is 0 Å². The van der Waals surface area contributed by atoms with E-state index in [1.54, 1.807) is 4.68 Å². The summed E-state index contributed by atoms with van der Waals surface area (Å²) in [5, 5.41) is 4.14. The number of halogens is 1. The maximum Gasteiger partial charge on any atom is 0.165 e. The summed E-state index contributed by atoms with van der Waals surface area (Å²) >= 11 is 0. The third-order valence-corrected chi connectivity index (χ3v) is 2.99. The van der Waals surface area contributed by atoms with Crippen molar-refractivity contribution in [2.45, 2.75) is 45.9 Å². The van der Waals surface area contributed by atoms with Crippen LogP contribution in [-0.4, -0.2) is 20.8 Å². The van der Waals surface area contributed by atoms with Crippen molar-refractivity contribution >= 4 is 0 Å². The highest BCUT2D eigenvalue weighted by Crippen LogP contribution is 2.19. The van der Waals surface area contributed by atoms with Crippen molar-refractivity contribution in [2.24, 2.45) is 5.73 Å². The molecule has 1 unspecified atom stereocenters. The second-order valence-electron chi connectivity index (χ2n) is 5.48. The van der Waals surface area contributed by atoms with Gasteiger partial charge in [-0.1, -0.05) is 0 Å². The molecule has 114 valence electrons. The van der Waals surface area contributed by atoms with E-state index >= 15 is 0 Å². The van der Waals surface area contributed by atoms with Crippen molar-refractivity contribution in [1.82, 2.24) is 14.8 Å². The standard InChI is InChI=1S/C15H21FN4O/c1-10(2)20-15(18-9-19-20)8-21-14-6-12(4-11(3)17)5-13(16)7-14/h5-7,9-11H,4,8,17H2,1-3H3. The fourth-order valence-electron chi connectivity index (χ4n) is 2.15. The normalized spacial score (nSPS) is 12.7. The van der Waals surface area contributed by atoms with Gasteiger partial charge in [0, 0.05) is 18.2 Å². The van der Waals surface area contributed by atoms with Crippen LogP contribution in [0, 0.1) is 5.82 Å². The molecule has 21 heavy (non-hydrogen) atoms. The minimum absolute atomic E-state index is 0.0244. The minimum Gasteiger partial charge on any atom is -0.486 e. The number of nitrogens with zero attached hydrogens (tertiary/aromatic N) is 3. The van der Waals surface area contributed by atoms with E-state index in [4.69, 9.17) is 10.5 Å². The fourth-order valence-corrected chi connectivity index (χ4v) is 2.15. The molecule has 0 spiro atoms. The first-order valence-electron chi connectivity index (χ1n) is 7.02. The highest BCUT2D eigenvalue weighted by atomic mass is 19.1.